The van der Waals surface area contributed by atoms with Gasteiger partial charge in [0.15, 0.2) is 0 Å². The second-order valence-electron chi connectivity index (χ2n) is 20.8. The number of nitrogens with one attached hydrogen (secondary N) is 1. The van der Waals surface area contributed by atoms with Crippen molar-refractivity contribution in [1.29, 1.82) is 10.5 Å². The van der Waals surface area contributed by atoms with Crippen molar-refractivity contribution < 1.29 is 16.8 Å². The molecule has 9 rings (SSSR count). The largest absolute Gasteiger partial charge is 3.00 e. The summed E-state index contributed by atoms with van der Waals surface area (Å²) in [5.74, 6) is 0. The third-order valence-corrected chi connectivity index (χ3v) is 12.3. The molecule has 2 aliphatic heterocycles. The van der Waals surface area contributed by atoms with Crippen LogP contribution in [0.1, 0.15) is 22.8 Å². The van der Waals surface area contributed by atoms with Crippen LogP contribution in [0.3, 0.4) is 0 Å². The summed E-state index contributed by atoms with van der Waals surface area (Å²) in [6.07, 6.45) is 8.57. The zero-order valence-corrected chi connectivity index (χ0v) is 42.8. The van der Waals surface area contributed by atoms with Gasteiger partial charge in [0.05, 0.1) is 118 Å². The third kappa shape index (κ3) is 10.8. The van der Waals surface area contributed by atoms with Gasteiger partial charge in [0.25, 0.3) is 0 Å². The van der Waals surface area contributed by atoms with E-state index in [0.29, 0.717) is 17.9 Å². The van der Waals surface area contributed by atoms with Crippen molar-refractivity contribution in [3.05, 3.63) is 163 Å². The topological polar surface area (TPSA) is 94.1 Å². The number of hydrogen-bond donors (Lipinski definition) is 1. The minimum Gasteiger partial charge on any atom is -0.512 e. The van der Waals surface area contributed by atoms with E-state index < -0.39 is 0 Å². The van der Waals surface area contributed by atoms with E-state index >= 15 is 0 Å². The molecule has 2 aliphatic rings. The zero-order valence-electron chi connectivity index (χ0n) is 41.8. The molecule has 1 N–H and O–H groups in total. The molecule has 0 fully saturated rings. The Kier molecular flexibility index (Phi) is 14.7. The van der Waals surface area contributed by atoms with Crippen molar-refractivity contribution in [2.45, 2.75) is 0 Å². The molecule has 8 bridgehead atoms. The van der Waals surface area contributed by atoms with Crippen molar-refractivity contribution >= 4 is 69.1 Å². The molecule has 0 atom stereocenters. The zero-order chi connectivity index (χ0) is 49.3. The summed E-state index contributed by atoms with van der Waals surface area (Å²) >= 11 is 0. The number of quaternary nitrogens is 4. The minimum atomic E-state index is 0. The number of fused-ring (bicyclic) bond motifs is 8. The summed E-state index contributed by atoms with van der Waals surface area (Å²) in [6, 6.07) is 47.2. The molecule has 4 aromatic carbocycles. The smallest absolute Gasteiger partial charge is 0.512 e. The molecule has 5 heterocycles. The fourth-order valence-corrected chi connectivity index (χ4v) is 8.70. The second kappa shape index (κ2) is 19.8. The van der Waals surface area contributed by atoms with Gasteiger partial charge in [-0.2, -0.15) is 0 Å². The van der Waals surface area contributed by atoms with Gasteiger partial charge >= 0.3 is 16.8 Å². The first-order valence-corrected chi connectivity index (χ1v) is 22.5. The van der Waals surface area contributed by atoms with E-state index in [9.17, 15) is 0 Å². The molecular formula is C58H62CoN10+5. The summed E-state index contributed by atoms with van der Waals surface area (Å²) in [7, 11) is 26.6. The molecule has 7 aromatic rings. The van der Waals surface area contributed by atoms with E-state index in [1.54, 1.807) is 0 Å². The molecule has 0 saturated carbocycles. The molecule has 10 nitrogen and oxygen atoms in total. The maximum absolute atomic E-state index is 6.25. The maximum atomic E-state index is 6.25. The van der Waals surface area contributed by atoms with Crippen molar-refractivity contribution in [2.75, 3.05) is 84.6 Å². The van der Waals surface area contributed by atoms with Gasteiger partial charge in [-0.05, 0) is 156 Å². The number of aromatic amines is 1. The first-order valence-electron chi connectivity index (χ1n) is 22.5. The van der Waals surface area contributed by atoms with Crippen LogP contribution >= 0.6 is 0 Å². The predicted molar refractivity (Wildman–Crippen MR) is 288 cm³/mol. The average molecular weight is 958 g/mol. The van der Waals surface area contributed by atoms with Crippen LogP contribution in [0.2, 0.25) is 0 Å². The van der Waals surface area contributed by atoms with Crippen molar-refractivity contribution in [1.82, 2.24) is 37.5 Å². The average Bonchev–Trinajstić information content (AvgIpc) is 4.12. The Labute approximate surface area is 418 Å². The predicted octanol–water partition coefficient (Wildman–Crippen LogP) is 12.1. The van der Waals surface area contributed by atoms with Crippen molar-refractivity contribution in [2.24, 2.45) is 0 Å². The molecule has 348 valence electrons. The molecule has 69 heavy (non-hydrogen) atoms. The van der Waals surface area contributed by atoms with Gasteiger partial charge in [0, 0.05) is 45.5 Å². The van der Waals surface area contributed by atoms with Crippen LogP contribution in [0.25, 0.3) is 85.4 Å². The maximum Gasteiger partial charge on any atom is 3.00 e. The molecule has 11 heteroatoms. The van der Waals surface area contributed by atoms with Crippen LogP contribution < -0.4 is 17.9 Å². The van der Waals surface area contributed by atoms with E-state index in [4.69, 9.17) is 33.6 Å². The number of hydrogen-bond acceptors (Lipinski definition) is 4. The van der Waals surface area contributed by atoms with E-state index in [2.05, 4.69) is 246 Å². The van der Waals surface area contributed by atoms with Crippen LogP contribution in [0.5, 0.6) is 0 Å². The molecule has 0 saturated heterocycles. The van der Waals surface area contributed by atoms with E-state index in [1.165, 1.54) is 22.7 Å². The van der Waals surface area contributed by atoms with E-state index in [1.807, 2.05) is 0 Å². The Morgan fingerprint density at radius 1 is 0.406 bits per heavy atom. The molecule has 0 radical (unpaired) electrons. The molecule has 0 aliphatic carbocycles. The third-order valence-electron chi connectivity index (χ3n) is 12.3. The van der Waals surface area contributed by atoms with Crippen LogP contribution in [0.15, 0.2) is 127 Å². The Morgan fingerprint density at radius 2 is 0.754 bits per heavy atom. The van der Waals surface area contributed by atoms with Crippen molar-refractivity contribution in [3.8, 4) is 39.1 Å². The molecule has 0 unspecified atom stereocenters. The molecule has 0 amide bonds. The quantitative estimate of drug-likeness (QED) is 0.121. The van der Waals surface area contributed by atoms with Gasteiger partial charge in [-0.25, -0.2) is 9.97 Å². The summed E-state index contributed by atoms with van der Waals surface area (Å²) in [5, 5.41) is 12.5. The fraction of sp³-hybridized carbons (Fsp3) is 0.207. The number of nitrogens with zero attached hydrogens (tertiary/aromatic N) is 9. The van der Waals surface area contributed by atoms with Gasteiger partial charge in [-0.1, -0.05) is 0 Å². The Bertz CT molecular complexity index is 3240. The minimum absolute atomic E-state index is 0. The number of aromatic nitrogens is 4. The molecule has 3 aromatic heterocycles. The summed E-state index contributed by atoms with van der Waals surface area (Å²) in [6.45, 7) is 9.50. The van der Waals surface area contributed by atoms with E-state index in [0.717, 1.165) is 83.9 Å². The van der Waals surface area contributed by atoms with E-state index in [-0.39, 0.29) is 16.8 Å². The molecule has 0 spiro atoms. The monoisotopic (exact) mass is 957 g/mol. The standard InChI is InChI=1S/C56H62N8.2CN.Co/c1-61(2,3)47-26-13-38(14-27-47)53-51-34-23-44(59-51)36-43-20-19-41(57-43)35-42-21-22-45(58-42)37-52-54(39-15-28-48(29-16-39)62(4,5)6)55(40-17-30-49(31-18-40)63(7,8)9)56(53)60(52)46-24-32-50(33-25-46)64(10,11)12;2*1-2;/h13-37,57H,1-12H3;;;/q+4;2*-1;+3. The van der Waals surface area contributed by atoms with Crippen LogP contribution in [0.4, 0.5) is 22.7 Å². The second-order valence-corrected chi connectivity index (χ2v) is 20.8. The van der Waals surface area contributed by atoms with Gasteiger partial charge in [-0.3, -0.25) is 17.9 Å². The number of H-pyrrole nitrogens is 1. The Hall–Kier alpha value is -7.19. The van der Waals surface area contributed by atoms with Crippen LogP contribution in [-0.2, 0) is 16.8 Å². The van der Waals surface area contributed by atoms with Gasteiger partial charge in [-0.15, -0.1) is 0 Å². The normalized spacial score (nSPS) is 12.3. The number of rotatable bonds is 8. The van der Waals surface area contributed by atoms with Crippen LogP contribution in [0, 0.1) is 23.7 Å². The van der Waals surface area contributed by atoms with Gasteiger partial charge in [0.1, 0.15) is 22.7 Å². The first kappa shape index (κ1) is 51.2. The Balaban J connectivity index is 0.00000153. The SMILES string of the molecule is C[N+](C)(C)c1ccc(-c2c(-c3ccc([N+](C)(C)C)cc3)c3c(-c4ccc([N+](C)(C)C)cc4)c4nc(cc5ccc(cc6nc(cc2n3-c2ccc([N+](C)(C)C)cc2)C=C6)[nH]5)C=C4)cc1.[C-]#N.[C-]#N.[Co+3]. The summed E-state index contributed by atoms with van der Waals surface area (Å²) in [5.41, 5.74) is 20.2. The first-order chi connectivity index (χ1) is 32.2. The summed E-state index contributed by atoms with van der Waals surface area (Å²) < 4.78 is 5.32. The van der Waals surface area contributed by atoms with Gasteiger partial charge in [0.2, 0.25) is 0 Å². The van der Waals surface area contributed by atoms with Crippen LogP contribution in [-0.4, -0.2) is 104 Å². The molecular weight excluding hydrogens is 896 g/mol. The fourth-order valence-electron chi connectivity index (χ4n) is 8.70. The van der Waals surface area contributed by atoms with Crippen molar-refractivity contribution in [3.63, 3.8) is 0 Å². The van der Waals surface area contributed by atoms with Gasteiger partial charge < -0.3 is 33.2 Å². The Morgan fingerprint density at radius 3 is 1.17 bits per heavy atom. The summed E-state index contributed by atoms with van der Waals surface area (Å²) in [4.78, 5) is 14.3. The number of benzene rings is 4.